The number of nitrogens with zero attached hydrogens (tertiary/aromatic N) is 2. The van der Waals surface area contributed by atoms with Gasteiger partial charge in [0.05, 0.1) is 0 Å². The van der Waals surface area contributed by atoms with Crippen LogP contribution in [0.25, 0.3) is 0 Å². The van der Waals surface area contributed by atoms with Crippen molar-refractivity contribution in [3.8, 4) is 0 Å². The highest BCUT2D eigenvalue weighted by molar-refractivity contribution is 14.0. The van der Waals surface area contributed by atoms with E-state index in [1.807, 2.05) is 7.05 Å². The zero-order valence-corrected chi connectivity index (χ0v) is 15.9. The third kappa shape index (κ3) is 6.39. The number of hydrogen-bond acceptors (Lipinski definition) is 3. The third-order valence-electron chi connectivity index (χ3n) is 4.03. The van der Waals surface area contributed by atoms with Crippen molar-refractivity contribution in [3.05, 3.63) is 0 Å². The largest absolute Gasteiger partial charge is 0.356 e. The number of rotatable bonds is 4. The summed E-state index contributed by atoms with van der Waals surface area (Å²) < 4.78 is 0. The van der Waals surface area contributed by atoms with Gasteiger partial charge in [0.25, 0.3) is 0 Å². The smallest absolute Gasteiger partial charge is 0.191 e. The zero-order chi connectivity index (χ0) is 13.5. The number of piperidine rings is 1. The van der Waals surface area contributed by atoms with Crippen LogP contribution in [0, 0.1) is 5.92 Å². The van der Waals surface area contributed by atoms with Gasteiger partial charge in [-0.05, 0) is 50.9 Å². The van der Waals surface area contributed by atoms with Gasteiger partial charge in [0.2, 0.25) is 0 Å². The molecule has 2 unspecified atom stereocenters. The van der Waals surface area contributed by atoms with E-state index in [0.717, 1.165) is 30.2 Å². The first kappa shape index (κ1) is 18.4. The molecule has 2 atom stereocenters. The van der Waals surface area contributed by atoms with Crippen LogP contribution < -0.4 is 10.6 Å². The molecule has 0 aromatic carbocycles. The highest BCUT2D eigenvalue weighted by Crippen LogP contribution is 2.25. The van der Waals surface area contributed by atoms with Crippen LogP contribution in [0.2, 0.25) is 0 Å². The highest BCUT2D eigenvalue weighted by Gasteiger charge is 2.18. The number of nitrogens with one attached hydrogen (secondary N) is 2. The lowest BCUT2D eigenvalue weighted by Crippen LogP contribution is -2.44. The topological polar surface area (TPSA) is 39.7 Å². The van der Waals surface area contributed by atoms with Crippen molar-refractivity contribution in [2.75, 3.05) is 46.0 Å². The van der Waals surface area contributed by atoms with E-state index < -0.39 is 0 Å². The van der Waals surface area contributed by atoms with Crippen molar-refractivity contribution in [2.24, 2.45) is 10.9 Å². The summed E-state index contributed by atoms with van der Waals surface area (Å²) in [5.41, 5.74) is 0. The Morgan fingerprint density at radius 2 is 2.05 bits per heavy atom. The normalized spacial score (nSPS) is 28.0. The molecule has 0 bridgehead atoms. The van der Waals surface area contributed by atoms with Crippen LogP contribution in [-0.2, 0) is 0 Å². The van der Waals surface area contributed by atoms with Crippen LogP contribution in [0.3, 0.4) is 0 Å². The zero-order valence-electron chi connectivity index (χ0n) is 12.7. The SMILES string of the molecule is CN=C(NCC1CCCN(C)C1)NCC1CCCS1.I. The van der Waals surface area contributed by atoms with Crippen LogP contribution in [0.4, 0.5) is 0 Å². The fourth-order valence-corrected chi connectivity index (χ4v) is 4.12. The fraction of sp³-hybridized carbons (Fsp3) is 0.929. The monoisotopic (exact) mass is 412 g/mol. The summed E-state index contributed by atoms with van der Waals surface area (Å²) in [7, 11) is 4.08. The maximum Gasteiger partial charge on any atom is 0.191 e. The van der Waals surface area contributed by atoms with E-state index in [2.05, 4.69) is 39.3 Å². The van der Waals surface area contributed by atoms with Crippen LogP contribution in [0.5, 0.6) is 0 Å². The summed E-state index contributed by atoms with van der Waals surface area (Å²) in [4.78, 5) is 6.76. The van der Waals surface area contributed by atoms with Gasteiger partial charge in [0, 0.05) is 31.9 Å². The van der Waals surface area contributed by atoms with Gasteiger partial charge in [-0.15, -0.1) is 24.0 Å². The molecule has 2 N–H and O–H groups in total. The molecule has 0 saturated carbocycles. The number of thioether (sulfide) groups is 1. The molecule has 6 heteroatoms. The number of hydrogen-bond donors (Lipinski definition) is 2. The van der Waals surface area contributed by atoms with Crippen molar-refractivity contribution in [1.29, 1.82) is 0 Å². The molecule has 2 saturated heterocycles. The predicted octanol–water partition coefficient (Wildman–Crippen LogP) is 2.01. The summed E-state index contributed by atoms with van der Waals surface area (Å²) >= 11 is 2.09. The predicted molar refractivity (Wildman–Crippen MR) is 100 cm³/mol. The summed E-state index contributed by atoms with van der Waals surface area (Å²) in [6.07, 6.45) is 5.39. The van der Waals surface area contributed by atoms with E-state index in [0.29, 0.717) is 0 Å². The lowest BCUT2D eigenvalue weighted by atomic mass is 9.99. The first-order valence-corrected chi connectivity index (χ1v) is 8.57. The van der Waals surface area contributed by atoms with Gasteiger partial charge in [-0.3, -0.25) is 4.99 Å². The molecule has 2 aliphatic rings. The Bertz CT molecular complexity index is 295. The molecule has 0 spiro atoms. The van der Waals surface area contributed by atoms with Crippen molar-refractivity contribution >= 4 is 41.7 Å². The van der Waals surface area contributed by atoms with Gasteiger partial charge in [-0.2, -0.15) is 11.8 Å². The van der Waals surface area contributed by atoms with Gasteiger partial charge >= 0.3 is 0 Å². The van der Waals surface area contributed by atoms with Crippen molar-refractivity contribution in [2.45, 2.75) is 30.9 Å². The number of halogens is 1. The molecular formula is C14H29IN4S. The van der Waals surface area contributed by atoms with Crippen LogP contribution in [0.1, 0.15) is 25.7 Å². The second-order valence-corrected chi connectivity index (χ2v) is 7.15. The molecule has 0 amide bonds. The van der Waals surface area contributed by atoms with Crippen LogP contribution >= 0.6 is 35.7 Å². The molecule has 0 aliphatic carbocycles. The Hall–Kier alpha value is 0.310. The molecule has 2 fully saturated rings. The lowest BCUT2D eigenvalue weighted by Gasteiger charge is -2.30. The Morgan fingerprint density at radius 1 is 1.25 bits per heavy atom. The molecule has 2 heterocycles. The molecule has 0 aromatic rings. The van der Waals surface area contributed by atoms with Crippen molar-refractivity contribution in [3.63, 3.8) is 0 Å². The fourth-order valence-electron chi connectivity index (χ4n) is 2.92. The molecule has 0 aromatic heterocycles. The standard InChI is InChI=1S/C14H28N4S.HI/c1-15-14(17-10-13-6-4-8-19-13)16-9-12-5-3-7-18(2)11-12;/h12-13H,3-11H2,1-2H3,(H2,15,16,17);1H. The lowest BCUT2D eigenvalue weighted by molar-refractivity contribution is 0.210. The summed E-state index contributed by atoms with van der Waals surface area (Å²) in [6, 6.07) is 0. The maximum atomic E-state index is 4.32. The van der Waals surface area contributed by atoms with Gasteiger partial charge < -0.3 is 15.5 Å². The second kappa shape index (κ2) is 10.1. The molecular weight excluding hydrogens is 383 g/mol. The minimum Gasteiger partial charge on any atom is -0.356 e. The second-order valence-electron chi connectivity index (χ2n) is 5.74. The van der Waals surface area contributed by atoms with E-state index in [9.17, 15) is 0 Å². The average Bonchev–Trinajstić information content (AvgIpc) is 2.92. The molecule has 4 nitrogen and oxygen atoms in total. The van der Waals surface area contributed by atoms with Gasteiger partial charge in [-0.25, -0.2) is 0 Å². The van der Waals surface area contributed by atoms with E-state index in [-0.39, 0.29) is 24.0 Å². The molecule has 2 aliphatic heterocycles. The van der Waals surface area contributed by atoms with Crippen LogP contribution in [-0.4, -0.2) is 62.1 Å². The molecule has 20 heavy (non-hydrogen) atoms. The van der Waals surface area contributed by atoms with Gasteiger partial charge in [0.15, 0.2) is 5.96 Å². The van der Waals surface area contributed by atoms with Gasteiger partial charge in [0.1, 0.15) is 0 Å². The Labute approximate surface area is 144 Å². The third-order valence-corrected chi connectivity index (χ3v) is 5.42. The van der Waals surface area contributed by atoms with Crippen molar-refractivity contribution in [1.82, 2.24) is 15.5 Å². The number of guanidine groups is 1. The highest BCUT2D eigenvalue weighted by atomic mass is 127. The minimum atomic E-state index is 0. The van der Waals surface area contributed by atoms with E-state index in [1.165, 1.54) is 44.5 Å². The number of likely N-dealkylation sites (tertiary alicyclic amines) is 1. The maximum absolute atomic E-state index is 4.32. The van der Waals surface area contributed by atoms with E-state index in [4.69, 9.17) is 0 Å². The Morgan fingerprint density at radius 3 is 2.70 bits per heavy atom. The first-order chi connectivity index (χ1) is 9.28. The van der Waals surface area contributed by atoms with Gasteiger partial charge in [-0.1, -0.05) is 0 Å². The first-order valence-electron chi connectivity index (χ1n) is 7.52. The summed E-state index contributed by atoms with van der Waals surface area (Å²) in [5.74, 6) is 3.06. The molecule has 0 radical (unpaired) electrons. The van der Waals surface area contributed by atoms with E-state index >= 15 is 0 Å². The van der Waals surface area contributed by atoms with Crippen LogP contribution in [0.15, 0.2) is 4.99 Å². The number of aliphatic imine (C=N–C) groups is 1. The Balaban J connectivity index is 0.00000200. The minimum absolute atomic E-state index is 0. The molecule has 118 valence electrons. The summed E-state index contributed by atoms with van der Waals surface area (Å²) in [5, 5.41) is 7.73. The quantitative estimate of drug-likeness (QED) is 0.421. The summed E-state index contributed by atoms with van der Waals surface area (Å²) in [6.45, 7) is 4.56. The Kier molecular flexibility index (Phi) is 9.28. The molecule has 2 rings (SSSR count). The van der Waals surface area contributed by atoms with Crippen molar-refractivity contribution < 1.29 is 0 Å². The van der Waals surface area contributed by atoms with E-state index in [1.54, 1.807) is 0 Å². The average molecular weight is 412 g/mol.